The Morgan fingerprint density at radius 1 is 0.958 bits per heavy atom. The van der Waals surface area contributed by atoms with Gasteiger partial charge >= 0.3 is 0 Å². The Morgan fingerprint density at radius 3 is 2.42 bits per heavy atom. The second kappa shape index (κ2) is 6.93. The molecule has 0 saturated heterocycles. The predicted molar refractivity (Wildman–Crippen MR) is 92.6 cm³/mol. The Morgan fingerprint density at radius 2 is 1.75 bits per heavy atom. The molecule has 7 heteroatoms. The van der Waals surface area contributed by atoms with Gasteiger partial charge in [0.05, 0.1) is 4.88 Å². The third kappa shape index (κ3) is 3.58. The molecule has 0 unspecified atom stereocenters. The summed E-state index contributed by atoms with van der Waals surface area (Å²) in [5, 5.41) is 16.7. The van der Waals surface area contributed by atoms with Gasteiger partial charge in [-0.05, 0) is 47.8 Å². The van der Waals surface area contributed by atoms with Gasteiger partial charge in [0, 0.05) is 17.4 Å². The van der Waals surface area contributed by atoms with E-state index < -0.39 is 5.91 Å². The minimum absolute atomic E-state index is 0.0950. The number of carbonyl (C=O) groups is 2. The molecule has 0 radical (unpaired) electrons. The van der Waals surface area contributed by atoms with Crippen LogP contribution in [0.2, 0.25) is 0 Å². The maximum absolute atomic E-state index is 12.1. The first-order valence-electron chi connectivity index (χ1n) is 7.04. The van der Waals surface area contributed by atoms with Gasteiger partial charge in [-0.25, -0.2) is 4.98 Å². The number of hydrogen-bond donors (Lipinski definition) is 3. The van der Waals surface area contributed by atoms with Crippen LogP contribution in [0.4, 0.5) is 11.5 Å². The molecule has 0 aliphatic carbocycles. The minimum Gasteiger partial charge on any atom is -0.504 e. The van der Waals surface area contributed by atoms with Crippen LogP contribution in [0.3, 0.4) is 0 Å². The lowest BCUT2D eigenvalue weighted by molar-refractivity contribution is 0.102. The molecule has 0 aliphatic heterocycles. The molecule has 24 heavy (non-hydrogen) atoms. The van der Waals surface area contributed by atoms with E-state index in [4.69, 9.17) is 0 Å². The zero-order valence-electron chi connectivity index (χ0n) is 12.4. The molecule has 0 aliphatic rings. The van der Waals surface area contributed by atoms with Crippen molar-refractivity contribution >= 4 is 34.7 Å². The van der Waals surface area contributed by atoms with Gasteiger partial charge in [-0.3, -0.25) is 9.59 Å². The molecular formula is C17H13N3O3S. The number of thiophene rings is 1. The molecule has 0 atom stereocenters. The first-order chi connectivity index (χ1) is 11.6. The lowest BCUT2D eigenvalue weighted by atomic mass is 10.2. The number of nitrogens with zero attached hydrogens (tertiary/aromatic N) is 1. The number of aromatic hydroxyl groups is 1. The Labute approximate surface area is 141 Å². The quantitative estimate of drug-likeness (QED) is 0.680. The third-order valence-corrected chi connectivity index (χ3v) is 4.04. The van der Waals surface area contributed by atoms with Gasteiger partial charge in [0.1, 0.15) is 0 Å². The van der Waals surface area contributed by atoms with Gasteiger partial charge in [-0.1, -0.05) is 6.07 Å². The second-order valence-electron chi connectivity index (χ2n) is 4.83. The Hall–Kier alpha value is -3.19. The van der Waals surface area contributed by atoms with E-state index in [1.165, 1.54) is 23.6 Å². The Balaban J connectivity index is 1.67. The molecule has 1 aromatic carbocycles. The molecule has 0 saturated carbocycles. The number of amides is 2. The van der Waals surface area contributed by atoms with Crippen LogP contribution in [0.5, 0.6) is 5.75 Å². The highest BCUT2D eigenvalue weighted by atomic mass is 32.1. The summed E-state index contributed by atoms with van der Waals surface area (Å²) >= 11 is 1.35. The summed E-state index contributed by atoms with van der Waals surface area (Å²) in [6.45, 7) is 0. The van der Waals surface area contributed by atoms with Crippen LogP contribution in [0.25, 0.3) is 0 Å². The molecule has 0 bridgehead atoms. The number of benzene rings is 1. The zero-order chi connectivity index (χ0) is 16.9. The van der Waals surface area contributed by atoms with Gasteiger partial charge in [0.2, 0.25) is 0 Å². The summed E-state index contributed by atoms with van der Waals surface area (Å²) in [5.41, 5.74) is 0.972. The molecule has 2 heterocycles. The maximum Gasteiger partial charge on any atom is 0.265 e. The second-order valence-corrected chi connectivity index (χ2v) is 5.78. The predicted octanol–water partition coefficient (Wildman–Crippen LogP) is 3.35. The highest BCUT2D eigenvalue weighted by Crippen LogP contribution is 2.20. The molecule has 0 fully saturated rings. The number of nitrogens with one attached hydrogen (secondary N) is 2. The van der Waals surface area contributed by atoms with E-state index in [2.05, 4.69) is 15.6 Å². The number of anilines is 2. The molecule has 6 nitrogen and oxygen atoms in total. The minimum atomic E-state index is -0.403. The lowest BCUT2D eigenvalue weighted by Gasteiger charge is -2.07. The Kier molecular flexibility index (Phi) is 4.53. The van der Waals surface area contributed by atoms with Crippen LogP contribution in [0.1, 0.15) is 20.0 Å². The summed E-state index contributed by atoms with van der Waals surface area (Å²) in [4.78, 5) is 28.6. The van der Waals surface area contributed by atoms with Crippen molar-refractivity contribution in [2.45, 2.75) is 0 Å². The van der Waals surface area contributed by atoms with Crippen LogP contribution in [-0.4, -0.2) is 21.9 Å². The SMILES string of the molecule is O=C(Nc1ncccc1O)c1ccc(NC(=O)c2cccs2)cc1. The van der Waals surface area contributed by atoms with E-state index in [-0.39, 0.29) is 17.5 Å². The highest BCUT2D eigenvalue weighted by Gasteiger charge is 2.11. The van der Waals surface area contributed by atoms with Gasteiger partial charge in [0.15, 0.2) is 11.6 Å². The average Bonchev–Trinajstić information content (AvgIpc) is 3.12. The van der Waals surface area contributed by atoms with Crippen LogP contribution < -0.4 is 10.6 Å². The van der Waals surface area contributed by atoms with Crippen molar-refractivity contribution in [3.8, 4) is 5.75 Å². The number of hydrogen-bond acceptors (Lipinski definition) is 5. The van der Waals surface area contributed by atoms with Crippen molar-refractivity contribution in [3.63, 3.8) is 0 Å². The van der Waals surface area contributed by atoms with E-state index in [9.17, 15) is 14.7 Å². The Bertz CT molecular complexity index is 861. The van der Waals surface area contributed by atoms with Crippen LogP contribution in [0, 0.1) is 0 Å². The first-order valence-corrected chi connectivity index (χ1v) is 7.92. The van der Waals surface area contributed by atoms with Gasteiger partial charge in [-0.2, -0.15) is 0 Å². The van der Waals surface area contributed by atoms with E-state index in [0.29, 0.717) is 16.1 Å². The molecular weight excluding hydrogens is 326 g/mol. The molecule has 2 aromatic heterocycles. The van der Waals surface area contributed by atoms with Crippen LogP contribution in [0.15, 0.2) is 60.1 Å². The van der Waals surface area contributed by atoms with Crippen LogP contribution >= 0.6 is 11.3 Å². The van der Waals surface area contributed by atoms with E-state index in [1.54, 1.807) is 42.5 Å². The van der Waals surface area contributed by atoms with Crippen molar-refractivity contribution in [3.05, 3.63) is 70.5 Å². The molecule has 2 amide bonds. The summed E-state index contributed by atoms with van der Waals surface area (Å²) in [5.74, 6) is -0.607. The lowest BCUT2D eigenvalue weighted by Crippen LogP contribution is -2.14. The number of aromatic nitrogens is 1. The summed E-state index contributed by atoms with van der Waals surface area (Å²) in [6, 6.07) is 13.0. The molecule has 3 N–H and O–H groups in total. The normalized spacial score (nSPS) is 10.2. The topological polar surface area (TPSA) is 91.3 Å². The third-order valence-electron chi connectivity index (χ3n) is 3.17. The first kappa shape index (κ1) is 15.7. The van der Waals surface area contributed by atoms with Crippen molar-refractivity contribution in [2.24, 2.45) is 0 Å². The van der Waals surface area contributed by atoms with Gasteiger partial charge < -0.3 is 15.7 Å². The number of rotatable bonds is 4. The monoisotopic (exact) mass is 339 g/mol. The van der Waals surface area contributed by atoms with E-state index in [0.717, 1.165) is 0 Å². The number of carbonyl (C=O) groups excluding carboxylic acids is 2. The van der Waals surface area contributed by atoms with Gasteiger partial charge in [-0.15, -0.1) is 11.3 Å². The largest absolute Gasteiger partial charge is 0.504 e. The van der Waals surface area contributed by atoms with Crippen LogP contribution in [-0.2, 0) is 0 Å². The number of pyridine rings is 1. The zero-order valence-corrected chi connectivity index (χ0v) is 13.2. The molecule has 120 valence electrons. The summed E-state index contributed by atoms with van der Waals surface area (Å²) in [7, 11) is 0. The molecule has 3 aromatic rings. The summed E-state index contributed by atoms with van der Waals surface area (Å²) < 4.78 is 0. The highest BCUT2D eigenvalue weighted by molar-refractivity contribution is 7.12. The fraction of sp³-hybridized carbons (Fsp3) is 0. The van der Waals surface area contributed by atoms with Crippen molar-refractivity contribution in [2.75, 3.05) is 10.6 Å². The van der Waals surface area contributed by atoms with E-state index >= 15 is 0 Å². The van der Waals surface area contributed by atoms with Crippen molar-refractivity contribution < 1.29 is 14.7 Å². The van der Waals surface area contributed by atoms with Crippen molar-refractivity contribution in [1.29, 1.82) is 0 Å². The average molecular weight is 339 g/mol. The fourth-order valence-corrected chi connectivity index (χ4v) is 2.60. The maximum atomic E-state index is 12.1. The van der Waals surface area contributed by atoms with E-state index in [1.807, 2.05) is 5.38 Å². The standard InChI is InChI=1S/C17H13N3O3S/c21-13-3-1-9-18-15(13)20-16(22)11-5-7-12(8-6-11)19-17(23)14-4-2-10-24-14/h1-10,21H,(H,19,23)(H,18,20,22). The fourth-order valence-electron chi connectivity index (χ4n) is 1.98. The van der Waals surface area contributed by atoms with Gasteiger partial charge in [0.25, 0.3) is 11.8 Å². The molecule has 0 spiro atoms. The smallest absolute Gasteiger partial charge is 0.265 e. The summed E-state index contributed by atoms with van der Waals surface area (Å²) in [6.07, 6.45) is 1.47. The molecule has 3 rings (SSSR count). The van der Waals surface area contributed by atoms with Crippen molar-refractivity contribution in [1.82, 2.24) is 4.98 Å².